The van der Waals surface area contributed by atoms with Crippen LogP contribution in [0.5, 0.6) is 5.88 Å². The number of benzene rings is 1. The summed E-state index contributed by atoms with van der Waals surface area (Å²) < 4.78 is 11.8. The van der Waals surface area contributed by atoms with Gasteiger partial charge in [-0.15, -0.1) is 0 Å². The number of fused-ring (bicyclic) bond motifs is 1. The molecule has 33 heavy (non-hydrogen) atoms. The predicted molar refractivity (Wildman–Crippen MR) is 126 cm³/mol. The molecule has 3 aromatic heterocycles. The van der Waals surface area contributed by atoms with Gasteiger partial charge in [-0.1, -0.05) is 29.8 Å². The monoisotopic (exact) mass is 443 g/mol. The number of likely N-dealkylation sites (tertiary alicyclic amines) is 1. The van der Waals surface area contributed by atoms with Gasteiger partial charge in [-0.05, 0) is 62.8 Å². The SMILES string of the molecule is c1ccc2c(CN3CCCC3c3nc(-c4ccc(OC5CCCCC5)nc4)no3)c[nH]c2c1. The summed E-state index contributed by atoms with van der Waals surface area (Å²) >= 11 is 0. The van der Waals surface area contributed by atoms with Crippen LogP contribution in [0, 0.1) is 0 Å². The van der Waals surface area contributed by atoms with Crippen LogP contribution in [0.4, 0.5) is 0 Å². The van der Waals surface area contributed by atoms with Gasteiger partial charge in [0.25, 0.3) is 0 Å². The molecule has 2 aliphatic rings. The van der Waals surface area contributed by atoms with Crippen LogP contribution in [0.1, 0.15) is 62.4 Å². The fourth-order valence-electron chi connectivity index (χ4n) is 5.20. The second-order valence-corrected chi connectivity index (χ2v) is 9.21. The average Bonchev–Trinajstić information content (AvgIpc) is 3.61. The molecule has 1 aromatic carbocycles. The zero-order valence-electron chi connectivity index (χ0n) is 18.7. The lowest BCUT2D eigenvalue weighted by Gasteiger charge is -2.22. The standard InChI is InChI=1S/C26H29N5O2/c1-2-7-20(8-3-1)32-24-13-12-18(15-28-24)25-29-26(33-30-25)23-11-6-14-31(23)17-19-16-27-22-10-5-4-9-21(19)22/h4-5,9-10,12-13,15-16,20,23,27H,1-3,6-8,11,14,17H2. The van der Waals surface area contributed by atoms with Gasteiger partial charge in [0.15, 0.2) is 0 Å². The Morgan fingerprint density at radius 3 is 2.82 bits per heavy atom. The van der Waals surface area contributed by atoms with Crippen LogP contribution < -0.4 is 4.74 Å². The summed E-state index contributed by atoms with van der Waals surface area (Å²) in [6.45, 7) is 1.89. The first-order chi connectivity index (χ1) is 16.3. The number of rotatable bonds is 6. The van der Waals surface area contributed by atoms with Crippen molar-refractivity contribution in [2.45, 2.75) is 63.6 Å². The van der Waals surface area contributed by atoms with E-state index in [9.17, 15) is 0 Å². The van der Waals surface area contributed by atoms with Gasteiger partial charge >= 0.3 is 0 Å². The largest absolute Gasteiger partial charge is 0.474 e. The smallest absolute Gasteiger partial charge is 0.244 e. The molecular formula is C26H29N5O2. The molecule has 1 unspecified atom stereocenters. The number of aromatic nitrogens is 4. The normalized spacial score (nSPS) is 19.9. The third kappa shape index (κ3) is 4.25. The zero-order valence-corrected chi connectivity index (χ0v) is 18.7. The van der Waals surface area contributed by atoms with E-state index in [1.807, 2.05) is 12.1 Å². The number of nitrogens with one attached hydrogen (secondary N) is 1. The molecule has 0 amide bonds. The van der Waals surface area contributed by atoms with Gasteiger partial charge in [-0.3, -0.25) is 4.90 Å². The van der Waals surface area contributed by atoms with E-state index in [1.165, 1.54) is 35.7 Å². The van der Waals surface area contributed by atoms with Crippen molar-refractivity contribution in [1.29, 1.82) is 0 Å². The number of para-hydroxylation sites is 1. The zero-order chi connectivity index (χ0) is 22.0. The van der Waals surface area contributed by atoms with Crippen LogP contribution >= 0.6 is 0 Å². The summed E-state index contributed by atoms with van der Waals surface area (Å²) in [6.07, 6.45) is 12.4. The molecule has 6 rings (SSSR count). The van der Waals surface area contributed by atoms with Crippen LogP contribution in [0.25, 0.3) is 22.3 Å². The van der Waals surface area contributed by atoms with Gasteiger partial charge in [0.2, 0.25) is 17.6 Å². The Morgan fingerprint density at radius 1 is 1.03 bits per heavy atom. The second kappa shape index (κ2) is 8.98. The molecule has 0 bridgehead atoms. The highest BCUT2D eigenvalue weighted by atomic mass is 16.5. The fraction of sp³-hybridized carbons (Fsp3) is 0.423. The third-order valence-corrected chi connectivity index (χ3v) is 6.97. The Kier molecular flexibility index (Phi) is 5.56. The highest BCUT2D eigenvalue weighted by Gasteiger charge is 2.31. The minimum absolute atomic E-state index is 0.141. The lowest BCUT2D eigenvalue weighted by molar-refractivity contribution is 0.148. The average molecular weight is 444 g/mol. The summed E-state index contributed by atoms with van der Waals surface area (Å²) in [5.74, 6) is 1.94. The van der Waals surface area contributed by atoms with E-state index in [4.69, 9.17) is 14.2 Å². The summed E-state index contributed by atoms with van der Waals surface area (Å²) in [5.41, 5.74) is 3.32. The molecule has 2 fully saturated rings. The number of pyridine rings is 1. The lowest BCUT2D eigenvalue weighted by Crippen LogP contribution is -2.22. The quantitative estimate of drug-likeness (QED) is 0.414. The molecule has 1 N–H and O–H groups in total. The van der Waals surface area contributed by atoms with E-state index in [2.05, 4.69) is 50.5 Å². The molecule has 0 radical (unpaired) electrons. The Bertz CT molecular complexity index is 1210. The van der Waals surface area contributed by atoms with Crippen molar-refractivity contribution in [2.75, 3.05) is 6.54 Å². The third-order valence-electron chi connectivity index (χ3n) is 6.97. The van der Waals surface area contributed by atoms with Gasteiger partial charge in [-0.25, -0.2) is 4.98 Å². The maximum atomic E-state index is 6.04. The predicted octanol–water partition coefficient (Wildman–Crippen LogP) is 5.66. The Balaban J connectivity index is 1.15. The molecule has 1 saturated heterocycles. The molecule has 1 saturated carbocycles. The van der Waals surface area contributed by atoms with Crippen molar-refractivity contribution in [3.05, 3.63) is 60.2 Å². The van der Waals surface area contributed by atoms with Crippen LogP contribution in [0.15, 0.2) is 53.3 Å². The molecule has 1 aliphatic heterocycles. The maximum absolute atomic E-state index is 6.04. The molecule has 1 aliphatic carbocycles. The van der Waals surface area contributed by atoms with Crippen molar-refractivity contribution in [3.8, 4) is 17.3 Å². The molecule has 7 heteroatoms. The highest BCUT2D eigenvalue weighted by molar-refractivity contribution is 5.82. The fourth-order valence-corrected chi connectivity index (χ4v) is 5.20. The van der Waals surface area contributed by atoms with Crippen molar-refractivity contribution >= 4 is 10.9 Å². The van der Waals surface area contributed by atoms with E-state index < -0.39 is 0 Å². The first kappa shape index (κ1) is 20.4. The van der Waals surface area contributed by atoms with Gasteiger partial charge in [-0.2, -0.15) is 4.98 Å². The number of hydrogen-bond donors (Lipinski definition) is 1. The van der Waals surface area contributed by atoms with Gasteiger partial charge < -0.3 is 14.2 Å². The van der Waals surface area contributed by atoms with E-state index in [0.29, 0.717) is 23.7 Å². The molecule has 4 aromatic rings. The van der Waals surface area contributed by atoms with Gasteiger partial charge in [0.1, 0.15) is 6.10 Å². The Morgan fingerprint density at radius 2 is 1.94 bits per heavy atom. The van der Waals surface area contributed by atoms with Crippen molar-refractivity contribution in [3.63, 3.8) is 0 Å². The Labute approximate surface area is 193 Å². The second-order valence-electron chi connectivity index (χ2n) is 9.21. The topological polar surface area (TPSA) is 80.1 Å². The highest BCUT2D eigenvalue weighted by Crippen LogP contribution is 2.34. The first-order valence-corrected chi connectivity index (χ1v) is 12.1. The van der Waals surface area contributed by atoms with Crippen molar-refractivity contribution in [2.24, 2.45) is 0 Å². The number of nitrogens with zero attached hydrogens (tertiary/aromatic N) is 4. The molecule has 170 valence electrons. The van der Waals surface area contributed by atoms with E-state index >= 15 is 0 Å². The minimum Gasteiger partial charge on any atom is -0.474 e. The van der Waals surface area contributed by atoms with Crippen molar-refractivity contribution in [1.82, 2.24) is 25.0 Å². The van der Waals surface area contributed by atoms with Crippen LogP contribution in [-0.2, 0) is 6.54 Å². The molecular weight excluding hydrogens is 414 g/mol. The van der Waals surface area contributed by atoms with Crippen LogP contribution in [0.2, 0.25) is 0 Å². The van der Waals surface area contributed by atoms with E-state index in [1.54, 1.807) is 6.20 Å². The lowest BCUT2D eigenvalue weighted by atomic mass is 9.98. The molecule has 0 spiro atoms. The summed E-state index contributed by atoms with van der Waals surface area (Å²) in [7, 11) is 0. The molecule has 1 atom stereocenters. The molecule has 7 nitrogen and oxygen atoms in total. The summed E-state index contributed by atoms with van der Waals surface area (Å²) in [6, 6.07) is 12.5. The minimum atomic E-state index is 0.141. The number of H-pyrrole nitrogens is 1. The Hall–Kier alpha value is -3.19. The number of aromatic amines is 1. The van der Waals surface area contributed by atoms with Crippen molar-refractivity contribution < 1.29 is 9.26 Å². The van der Waals surface area contributed by atoms with Gasteiger partial charge in [0.05, 0.1) is 6.04 Å². The first-order valence-electron chi connectivity index (χ1n) is 12.1. The van der Waals surface area contributed by atoms with Crippen LogP contribution in [0.3, 0.4) is 0 Å². The van der Waals surface area contributed by atoms with Crippen LogP contribution in [-0.4, -0.2) is 37.7 Å². The molecule has 4 heterocycles. The van der Waals surface area contributed by atoms with E-state index in [0.717, 1.165) is 44.3 Å². The van der Waals surface area contributed by atoms with Gasteiger partial charge in [0, 0.05) is 41.5 Å². The summed E-state index contributed by atoms with van der Waals surface area (Å²) in [4.78, 5) is 15.0. The summed E-state index contributed by atoms with van der Waals surface area (Å²) in [5, 5.41) is 5.53. The number of hydrogen-bond acceptors (Lipinski definition) is 6. The number of ether oxygens (including phenoxy) is 1. The van der Waals surface area contributed by atoms with E-state index in [-0.39, 0.29) is 6.04 Å². The maximum Gasteiger partial charge on any atom is 0.244 e.